The van der Waals surface area contributed by atoms with Gasteiger partial charge in [0.1, 0.15) is 4.88 Å². The van der Waals surface area contributed by atoms with Crippen LogP contribution in [0.1, 0.15) is 47.5 Å². The second kappa shape index (κ2) is 10.5. The lowest BCUT2D eigenvalue weighted by Crippen LogP contribution is -2.27. The Hall–Kier alpha value is -4.83. The highest BCUT2D eigenvalue weighted by molar-refractivity contribution is 7.12. The number of aromatic amines is 1. The molecule has 2 aromatic carbocycles. The van der Waals surface area contributed by atoms with E-state index in [0.717, 1.165) is 16.7 Å². The Morgan fingerprint density at radius 1 is 1.00 bits per heavy atom. The second-order valence-electron chi connectivity index (χ2n) is 9.04. The molecule has 0 saturated heterocycles. The van der Waals surface area contributed by atoms with Gasteiger partial charge in [0.15, 0.2) is 12.3 Å². The Balaban J connectivity index is 1.31. The average molecular weight is 541 g/mol. The first-order valence-corrected chi connectivity index (χ1v) is 12.9. The molecule has 0 atom stereocenters. The maximum Gasteiger partial charge on any atom is 0.349 e. The number of rotatable bonds is 7. The Labute approximate surface area is 227 Å². The lowest BCUT2D eigenvalue weighted by molar-refractivity contribution is 0.0480. The molecule has 10 heteroatoms. The second-order valence-corrected chi connectivity index (χ2v) is 9.95. The number of Topliss-reactive ketones (excluding diaryl/α,β-unsaturated/α-hetero) is 1. The van der Waals surface area contributed by atoms with Gasteiger partial charge >= 0.3 is 5.97 Å². The number of aromatic nitrogens is 3. The van der Waals surface area contributed by atoms with E-state index in [0.29, 0.717) is 32.6 Å². The SMILES string of the molecule is Cc1ccc(-c2ccsc2C(=O)OCC(=O)c2cc(C)n(NC(=O)c3n[nH]c(=O)c4ccccc34)c2C)cc1. The largest absolute Gasteiger partial charge is 0.453 e. The van der Waals surface area contributed by atoms with Gasteiger partial charge in [-0.2, -0.15) is 5.10 Å². The van der Waals surface area contributed by atoms with Gasteiger partial charge in [-0.3, -0.25) is 24.5 Å². The molecule has 0 aliphatic heterocycles. The van der Waals surface area contributed by atoms with Crippen molar-refractivity contribution < 1.29 is 19.1 Å². The minimum Gasteiger partial charge on any atom is -0.453 e. The predicted octanol–water partition coefficient (Wildman–Crippen LogP) is 4.80. The standard InChI is InChI=1S/C29H24N4O5S/c1-16-8-10-19(11-9-16)20-12-13-39-26(20)29(37)38-15-24(34)23-14-17(2)33(18(23)3)32-28(36)25-21-6-4-5-7-22(21)27(35)31-30-25/h4-14H,15H2,1-3H3,(H,31,35)(H,32,36). The van der Waals surface area contributed by atoms with E-state index in [9.17, 15) is 19.2 Å². The molecule has 9 nitrogen and oxygen atoms in total. The zero-order valence-corrected chi connectivity index (χ0v) is 22.2. The summed E-state index contributed by atoms with van der Waals surface area (Å²) in [7, 11) is 0. The monoisotopic (exact) mass is 540 g/mol. The van der Waals surface area contributed by atoms with Crippen molar-refractivity contribution in [2.24, 2.45) is 0 Å². The predicted molar refractivity (Wildman–Crippen MR) is 149 cm³/mol. The molecule has 0 fully saturated rings. The fraction of sp³-hybridized carbons (Fsp3) is 0.138. The van der Waals surface area contributed by atoms with Crippen LogP contribution in [-0.4, -0.2) is 39.1 Å². The molecule has 0 aliphatic carbocycles. The number of amides is 1. The zero-order chi connectivity index (χ0) is 27.7. The van der Waals surface area contributed by atoms with Crippen LogP contribution in [0.4, 0.5) is 0 Å². The van der Waals surface area contributed by atoms with Crippen molar-refractivity contribution in [1.29, 1.82) is 0 Å². The number of carbonyl (C=O) groups is 3. The summed E-state index contributed by atoms with van der Waals surface area (Å²) in [5.41, 5.74) is 6.50. The molecule has 3 heterocycles. The number of nitrogens with zero attached hydrogens (tertiary/aromatic N) is 2. The number of benzene rings is 2. The fourth-order valence-corrected chi connectivity index (χ4v) is 5.17. The van der Waals surface area contributed by atoms with Gasteiger partial charge in [-0.15, -0.1) is 11.3 Å². The molecule has 2 N–H and O–H groups in total. The quantitative estimate of drug-likeness (QED) is 0.226. The van der Waals surface area contributed by atoms with Crippen molar-refractivity contribution in [3.63, 3.8) is 0 Å². The number of carbonyl (C=O) groups excluding carboxylic acids is 3. The Morgan fingerprint density at radius 2 is 1.72 bits per heavy atom. The number of hydrogen-bond donors (Lipinski definition) is 2. The number of ether oxygens (including phenoxy) is 1. The topological polar surface area (TPSA) is 123 Å². The first-order valence-electron chi connectivity index (χ1n) is 12.1. The maximum atomic E-state index is 13.1. The Kier molecular flexibility index (Phi) is 6.95. The summed E-state index contributed by atoms with van der Waals surface area (Å²) in [6.07, 6.45) is 0. The van der Waals surface area contributed by atoms with Gasteiger partial charge in [0, 0.05) is 27.9 Å². The van der Waals surface area contributed by atoms with E-state index in [1.165, 1.54) is 16.0 Å². The summed E-state index contributed by atoms with van der Waals surface area (Å²) >= 11 is 1.25. The van der Waals surface area contributed by atoms with Crippen LogP contribution in [0.25, 0.3) is 21.9 Å². The molecule has 0 radical (unpaired) electrons. The minimum absolute atomic E-state index is 0.0415. The summed E-state index contributed by atoms with van der Waals surface area (Å²) < 4.78 is 6.85. The van der Waals surface area contributed by atoms with Gasteiger partial charge in [0.25, 0.3) is 11.5 Å². The molecule has 0 spiro atoms. The van der Waals surface area contributed by atoms with Crippen LogP contribution < -0.4 is 11.0 Å². The van der Waals surface area contributed by atoms with E-state index in [1.54, 1.807) is 44.2 Å². The van der Waals surface area contributed by atoms with Gasteiger partial charge in [0.05, 0.1) is 5.39 Å². The summed E-state index contributed by atoms with van der Waals surface area (Å²) in [6, 6.07) is 17.9. The molecule has 0 aliphatic rings. The minimum atomic E-state index is -0.577. The normalized spacial score (nSPS) is 10.9. The fourth-order valence-electron chi connectivity index (χ4n) is 4.36. The van der Waals surface area contributed by atoms with Gasteiger partial charge in [-0.1, -0.05) is 48.0 Å². The number of hydrogen-bond acceptors (Lipinski definition) is 7. The van der Waals surface area contributed by atoms with E-state index in [2.05, 4.69) is 15.6 Å². The molecule has 5 rings (SSSR count). The molecular weight excluding hydrogens is 516 g/mol. The first-order chi connectivity index (χ1) is 18.7. The molecule has 1 amide bonds. The maximum absolute atomic E-state index is 13.1. The van der Waals surface area contributed by atoms with Crippen LogP contribution in [0.3, 0.4) is 0 Å². The van der Waals surface area contributed by atoms with Crippen molar-refractivity contribution >= 4 is 39.8 Å². The van der Waals surface area contributed by atoms with Crippen LogP contribution in [0.2, 0.25) is 0 Å². The molecule has 0 bridgehead atoms. The van der Waals surface area contributed by atoms with E-state index in [1.807, 2.05) is 42.6 Å². The summed E-state index contributed by atoms with van der Waals surface area (Å²) in [5.74, 6) is -1.54. The lowest BCUT2D eigenvalue weighted by atomic mass is 10.1. The molecule has 5 aromatic rings. The highest BCUT2D eigenvalue weighted by atomic mass is 32.1. The number of esters is 1. The molecule has 196 valence electrons. The number of fused-ring (bicyclic) bond motifs is 1. The zero-order valence-electron chi connectivity index (χ0n) is 21.4. The van der Waals surface area contributed by atoms with Crippen molar-refractivity contribution in [3.8, 4) is 11.1 Å². The number of nitrogens with one attached hydrogen (secondary N) is 2. The number of aryl methyl sites for hydroxylation is 2. The van der Waals surface area contributed by atoms with Gasteiger partial charge < -0.3 is 4.74 Å². The lowest BCUT2D eigenvalue weighted by Gasteiger charge is -2.12. The van der Waals surface area contributed by atoms with E-state index >= 15 is 0 Å². The first kappa shape index (κ1) is 25.8. The third kappa shape index (κ3) is 5.01. The molecule has 39 heavy (non-hydrogen) atoms. The summed E-state index contributed by atoms with van der Waals surface area (Å²) in [4.78, 5) is 51.4. The third-order valence-corrected chi connectivity index (χ3v) is 7.30. The number of ketones is 1. The van der Waals surface area contributed by atoms with Crippen molar-refractivity contribution in [1.82, 2.24) is 14.9 Å². The third-order valence-electron chi connectivity index (χ3n) is 6.40. The summed E-state index contributed by atoms with van der Waals surface area (Å²) in [6.45, 7) is 4.95. The molecule has 3 aromatic heterocycles. The van der Waals surface area contributed by atoms with Crippen molar-refractivity contribution in [3.05, 3.63) is 109 Å². The number of thiophene rings is 1. The van der Waals surface area contributed by atoms with Crippen LogP contribution in [0, 0.1) is 20.8 Å². The Morgan fingerprint density at radius 3 is 2.46 bits per heavy atom. The molecule has 0 saturated carbocycles. The highest BCUT2D eigenvalue weighted by Crippen LogP contribution is 2.29. The Bertz CT molecular complexity index is 1800. The average Bonchev–Trinajstić information content (AvgIpc) is 3.53. The van der Waals surface area contributed by atoms with E-state index < -0.39 is 29.8 Å². The van der Waals surface area contributed by atoms with Crippen molar-refractivity contribution in [2.45, 2.75) is 20.8 Å². The van der Waals surface area contributed by atoms with Crippen molar-refractivity contribution in [2.75, 3.05) is 12.0 Å². The van der Waals surface area contributed by atoms with Crippen LogP contribution >= 0.6 is 11.3 Å². The van der Waals surface area contributed by atoms with Crippen LogP contribution in [-0.2, 0) is 4.74 Å². The summed E-state index contributed by atoms with van der Waals surface area (Å²) in [5, 5.41) is 8.82. The van der Waals surface area contributed by atoms with Gasteiger partial charge in [-0.05, 0) is 49.9 Å². The molecule has 0 unspecified atom stereocenters. The van der Waals surface area contributed by atoms with Gasteiger partial charge in [0.2, 0.25) is 5.78 Å². The van der Waals surface area contributed by atoms with Crippen LogP contribution in [0.5, 0.6) is 0 Å². The van der Waals surface area contributed by atoms with E-state index in [-0.39, 0.29) is 5.69 Å². The van der Waals surface area contributed by atoms with E-state index in [4.69, 9.17) is 4.74 Å². The number of H-pyrrole nitrogens is 1. The highest BCUT2D eigenvalue weighted by Gasteiger charge is 2.22. The molecular formula is C29H24N4O5S. The van der Waals surface area contributed by atoms with Gasteiger partial charge in [-0.25, -0.2) is 9.89 Å². The van der Waals surface area contributed by atoms with Crippen LogP contribution in [0.15, 0.2) is 70.8 Å². The smallest absolute Gasteiger partial charge is 0.349 e.